The van der Waals surface area contributed by atoms with Crippen molar-refractivity contribution in [2.75, 3.05) is 24.3 Å². The maximum absolute atomic E-state index is 12.7. The third-order valence-electron chi connectivity index (χ3n) is 4.38. The Hall–Kier alpha value is -3.62. The number of ether oxygens (including phenoxy) is 1. The smallest absolute Gasteiger partial charge is 0.492 e. The Morgan fingerprint density at radius 3 is 2.31 bits per heavy atom. The molecule has 0 radical (unpaired) electrons. The molecular formula is C21H19ClF3N5O5S. The zero-order chi connectivity index (χ0) is 26.5. The number of aromatic nitrogens is 2. The number of nitrogens with zero attached hydrogens (tertiary/aromatic N) is 3. The third-order valence-corrected chi connectivity index (χ3v) is 6.23. The molecule has 36 heavy (non-hydrogen) atoms. The lowest BCUT2D eigenvalue weighted by atomic mass is 10.3. The number of hydroxylamine groups is 1. The standard InChI is InChI=1S/C21H19ClF3N5O5S/c1-3-34-17-9-8-15(36(32,33)30(2)35-20(31)21(23,24)25)10-16(17)29-19-11-18(26-12-27-19)28-14-6-4-13(22)5-7-14/h4-12H,3H2,1-2H3,(H2,26,27,28,29). The van der Waals surface area contributed by atoms with Gasteiger partial charge in [-0.3, -0.25) is 0 Å². The molecule has 1 aromatic heterocycles. The number of alkyl halides is 3. The van der Waals surface area contributed by atoms with E-state index in [9.17, 15) is 26.4 Å². The van der Waals surface area contributed by atoms with Gasteiger partial charge in [0.2, 0.25) is 0 Å². The molecule has 0 fully saturated rings. The molecule has 2 aromatic carbocycles. The van der Waals surface area contributed by atoms with E-state index >= 15 is 0 Å². The molecule has 3 rings (SSSR count). The summed E-state index contributed by atoms with van der Waals surface area (Å²) in [4.78, 5) is 22.7. The Morgan fingerprint density at radius 2 is 1.69 bits per heavy atom. The van der Waals surface area contributed by atoms with E-state index in [4.69, 9.17) is 16.3 Å². The van der Waals surface area contributed by atoms with Crippen molar-refractivity contribution in [2.45, 2.75) is 18.0 Å². The van der Waals surface area contributed by atoms with Crippen molar-refractivity contribution in [3.63, 3.8) is 0 Å². The number of nitrogens with one attached hydrogen (secondary N) is 2. The zero-order valence-electron chi connectivity index (χ0n) is 18.7. The Bertz CT molecular complexity index is 1340. The number of carbonyl (C=O) groups excluding carboxylic acids is 1. The first kappa shape index (κ1) is 27.0. The van der Waals surface area contributed by atoms with Gasteiger partial charge in [-0.1, -0.05) is 11.6 Å². The lowest BCUT2D eigenvalue weighted by molar-refractivity contribution is -0.219. The maximum atomic E-state index is 12.7. The summed E-state index contributed by atoms with van der Waals surface area (Å²) >= 11 is 5.88. The van der Waals surface area contributed by atoms with E-state index in [1.165, 1.54) is 18.5 Å². The van der Waals surface area contributed by atoms with Crippen LogP contribution in [0, 0.1) is 0 Å². The summed E-state index contributed by atoms with van der Waals surface area (Å²) in [5, 5.41) is 6.51. The van der Waals surface area contributed by atoms with Crippen molar-refractivity contribution in [3.8, 4) is 5.75 Å². The number of hydrogen-bond donors (Lipinski definition) is 2. The van der Waals surface area contributed by atoms with Gasteiger partial charge in [0.25, 0.3) is 10.0 Å². The fraction of sp³-hybridized carbons (Fsp3) is 0.190. The molecular weight excluding hydrogens is 527 g/mol. The molecule has 192 valence electrons. The molecule has 0 aliphatic heterocycles. The molecule has 0 saturated carbocycles. The van der Waals surface area contributed by atoms with Crippen LogP contribution in [0.2, 0.25) is 5.02 Å². The Labute approximate surface area is 209 Å². The highest BCUT2D eigenvalue weighted by atomic mass is 35.5. The Kier molecular flexibility index (Phi) is 8.22. The fourth-order valence-electron chi connectivity index (χ4n) is 2.73. The largest absolute Gasteiger partial charge is 0.492 e. The predicted molar refractivity (Wildman–Crippen MR) is 125 cm³/mol. The fourth-order valence-corrected chi connectivity index (χ4v) is 3.82. The van der Waals surface area contributed by atoms with Crippen molar-refractivity contribution >= 4 is 50.6 Å². The van der Waals surface area contributed by atoms with Gasteiger partial charge in [-0.25, -0.2) is 23.2 Å². The van der Waals surface area contributed by atoms with Gasteiger partial charge >= 0.3 is 12.1 Å². The first-order valence-corrected chi connectivity index (χ1v) is 11.9. The van der Waals surface area contributed by atoms with Crippen LogP contribution in [0.15, 0.2) is 59.8 Å². The number of anilines is 4. The molecule has 0 aliphatic carbocycles. The highest BCUT2D eigenvalue weighted by Gasteiger charge is 2.43. The first-order chi connectivity index (χ1) is 16.9. The minimum absolute atomic E-state index is 0.129. The minimum Gasteiger partial charge on any atom is -0.492 e. The molecule has 0 unspecified atom stereocenters. The van der Waals surface area contributed by atoms with Crippen LogP contribution in [-0.4, -0.2) is 48.7 Å². The Balaban J connectivity index is 1.88. The number of sulfonamides is 1. The van der Waals surface area contributed by atoms with Crippen LogP contribution in [0.1, 0.15) is 6.92 Å². The number of benzene rings is 2. The van der Waals surface area contributed by atoms with Gasteiger partial charge in [-0.2, -0.15) is 13.2 Å². The van der Waals surface area contributed by atoms with E-state index in [0.29, 0.717) is 23.6 Å². The third kappa shape index (κ3) is 6.74. The average Bonchev–Trinajstić information content (AvgIpc) is 2.81. The monoisotopic (exact) mass is 545 g/mol. The summed E-state index contributed by atoms with van der Waals surface area (Å²) < 4.78 is 68.2. The van der Waals surface area contributed by atoms with Crippen molar-refractivity contribution < 1.29 is 36.0 Å². The second-order valence-corrected chi connectivity index (χ2v) is 9.30. The summed E-state index contributed by atoms with van der Waals surface area (Å²) in [5.41, 5.74) is 0.827. The topological polar surface area (TPSA) is 123 Å². The first-order valence-electron chi connectivity index (χ1n) is 10.1. The Morgan fingerprint density at radius 1 is 1.06 bits per heavy atom. The molecule has 0 bridgehead atoms. The summed E-state index contributed by atoms with van der Waals surface area (Å²) in [6.45, 7) is 1.94. The number of carbonyl (C=O) groups is 1. The van der Waals surface area contributed by atoms with Crippen molar-refractivity contribution in [3.05, 3.63) is 59.9 Å². The van der Waals surface area contributed by atoms with Gasteiger partial charge in [0, 0.05) is 23.8 Å². The van der Waals surface area contributed by atoms with Crippen molar-refractivity contribution in [1.29, 1.82) is 0 Å². The van der Waals surface area contributed by atoms with Gasteiger partial charge in [0.1, 0.15) is 23.7 Å². The second kappa shape index (κ2) is 11.0. The molecule has 3 aromatic rings. The molecule has 15 heteroatoms. The molecule has 0 spiro atoms. The van der Waals surface area contributed by atoms with Crippen LogP contribution >= 0.6 is 11.6 Å². The molecule has 0 aliphatic rings. The lowest BCUT2D eigenvalue weighted by Gasteiger charge is -2.19. The van der Waals surface area contributed by atoms with Gasteiger partial charge in [0.05, 0.1) is 17.2 Å². The zero-order valence-corrected chi connectivity index (χ0v) is 20.3. The van der Waals surface area contributed by atoms with Crippen LogP contribution < -0.4 is 15.4 Å². The van der Waals surface area contributed by atoms with E-state index in [2.05, 4.69) is 25.4 Å². The van der Waals surface area contributed by atoms with E-state index in [1.807, 2.05) is 0 Å². The number of rotatable bonds is 9. The molecule has 0 amide bonds. The van der Waals surface area contributed by atoms with Gasteiger partial charge < -0.3 is 20.2 Å². The maximum Gasteiger partial charge on any atom is 0.492 e. The summed E-state index contributed by atoms with van der Waals surface area (Å²) in [6.07, 6.45) is -4.12. The normalized spacial score (nSPS) is 11.8. The predicted octanol–water partition coefficient (Wildman–Crippen LogP) is 4.66. The van der Waals surface area contributed by atoms with E-state index in [0.717, 1.165) is 12.1 Å². The highest BCUT2D eigenvalue weighted by Crippen LogP contribution is 2.32. The van der Waals surface area contributed by atoms with Gasteiger partial charge in [-0.05, 0) is 53.9 Å². The quantitative estimate of drug-likeness (QED) is 0.370. The van der Waals surface area contributed by atoms with Gasteiger partial charge in [0.15, 0.2) is 0 Å². The molecule has 0 saturated heterocycles. The summed E-state index contributed by atoms with van der Waals surface area (Å²) in [6, 6.07) is 11.9. The molecule has 0 atom stereocenters. The average molecular weight is 546 g/mol. The van der Waals surface area contributed by atoms with Crippen LogP contribution in [0.5, 0.6) is 5.75 Å². The lowest BCUT2D eigenvalue weighted by Crippen LogP contribution is -2.36. The SMILES string of the molecule is CCOc1ccc(S(=O)(=O)N(C)OC(=O)C(F)(F)F)cc1Nc1cc(Nc2ccc(Cl)cc2)ncn1. The number of halogens is 4. The second-order valence-electron chi connectivity index (χ2n) is 6.93. The van der Waals surface area contributed by atoms with Crippen LogP contribution in [0.25, 0.3) is 0 Å². The van der Waals surface area contributed by atoms with E-state index in [1.54, 1.807) is 31.2 Å². The van der Waals surface area contributed by atoms with E-state index < -0.39 is 27.1 Å². The van der Waals surface area contributed by atoms with Crippen molar-refractivity contribution in [1.82, 2.24) is 14.4 Å². The van der Waals surface area contributed by atoms with Crippen LogP contribution in [-0.2, 0) is 19.7 Å². The highest BCUT2D eigenvalue weighted by molar-refractivity contribution is 7.89. The summed E-state index contributed by atoms with van der Waals surface area (Å²) in [5.74, 6) is -1.80. The summed E-state index contributed by atoms with van der Waals surface area (Å²) in [7, 11) is -3.99. The number of hydrogen-bond acceptors (Lipinski definition) is 9. The van der Waals surface area contributed by atoms with Gasteiger partial charge in [-0.15, -0.1) is 0 Å². The molecule has 10 nitrogen and oxygen atoms in total. The van der Waals surface area contributed by atoms with E-state index in [-0.39, 0.29) is 28.3 Å². The molecule has 2 N–H and O–H groups in total. The minimum atomic E-state index is -5.37. The molecule has 1 heterocycles. The van der Waals surface area contributed by atoms with Crippen LogP contribution in [0.3, 0.4) is 0 Å². The van der Waals surface area contributed by atoms with Crippen LogP contribution in [0.4, 0.5) is 36.2 Å². The van der Waals surface area contributed by atoms with Crippen molar-refractivity contribution in [2.24, 2.45) is 0 Å².